The van der Waals surface area contributed by atoms with Crippen LogP contribution in [0.15, 0.2) is 42.5 Å². The number of hydrogen-bond acceptors (Lipinski definition) is 3. The Kier molecular flexibility index (Phi) is 7.67. The molecule has 0 aromatic heterocycles. The molecule has 5 nitrogen and oxygen atoms in total. The van der Waals surface area contributed by atoms with Crippen molar-refractivity contribution in [3.05, 3.63) is 64.2 Å². The molecule has 0 aliphatic heterocycles. The van der Waals surface area contributed by atoms with Crippen molar-refractivity contribution in [3.8, 4) is 5.75 Å². The van der Waals surface area contributed by atoms with Gasteiger partial charge in [-0.15, -0.1) is 0 Å². The normalized spacial score (nSPS) is 10.4. The van der Waals surface area contributed by atoms with Gasteiger partial charge in [-0.05, 0) is 55.7 Å². The second-order valence-corrected chi connectivity index (χ2v) is 6.73. The summed E-state index contributed by atoms with van der Waals surface area (Å²) in [6.45, 7) is 6.51. The largest absolute Gasteiger partial charge is 0.483 e. The Morgan fingerprint density at radius 1 is 1.11 bits per heavy atom. The molecular formula is C21H25ClN2O3. The Labute approximate surface area is 165 Å². The molecule has 1 N–H and O–H groups in total. The molecule has 6 heteroatoms. The van der Waals surface area contributed by atoms with Gasteiger partial charge in [-0.3, -0.25) is 9.59 Å². The number of nitrogens with zero attached hydrogens (tertiary/aromatic N) is 1. The summed E-state index contributed by atoms with van der Waals surface area (Å²) in [5.74, 6) is 0.249. The molecule has 2 aromatic rings. The minimum absolute atomic E-state index is 0.000910. The zero-order valence-corrected chi connectivity index (χ0v) is 16.7. The number of likely N-dealkylation sites (N-methyl/N-ethyl adjacent to an activating group) is 1. The van der Waals surface area contributed by atoms with Crippen LogP contribution in [0.2, 0.25) is 5.02 Å². The molecule has 0 spiro atoms. The van der Waals surface area contributed by atoms with Gasteiger partial charge in [0.05, 0.1) is 6.54 Å². The van der Waals surface area contributed by atoms with Gasteiger partial charge in [0.2, 0.25) is 5.91 Å². The van der Waals surface area contributed by atoms with Crippen LogP contribution in [0.1, 0.15) is 23.6 Å². The van der Waals surface area contributed by atoms with E-state index in [-0.39, 0.29) is 25.0 Å². The fraction of sp³-hybridized carbons (Fsp3) is 0.333. The first kappa shape index (κ1) is 20.8. The fourth-order valence-electron chi connectivity index (χ4n) is 2.52. The highest BCUT2D eigenvalue weighted by Gasteiger charge is 2.16. The standard InChI is InChI=1S/C21H25ClN2O3/c1-4-24(13-20(25)23-12-17-8-10-18(22)11-9-17)21(26)14-27-19-7-5-6-15(2)16(19)3/h5-11H,4,12-14H2,1-3H3,(H,23,25). The summed E-state index contributed by atoms with van der Waals surface area (Å²) in [4.78, 5) is 26.0. The van der Waals surface area contributed by atoms with Crippen LogP contribution in [0.4, 0.5) is 0 Å². The van der Waals surface area contributed by atoms with E-state index in [1.54, 1.807) is 12.1 Å². The highest BCUT2D eigenvalue weighted by molar-refractivity contribution is 6.30. The van der Waals surface area contributed by atoms with Crippen molar-refractivity contribution in [2.24, 2.45) is 0 Å². The van der Waals surface area contributed by atoms with Crippen LogP contribution in [-0.2, 0) is 16.1 Å². The lowest BCUT2D eigenvalue weighted by Gasteiger charge is -2.21. The van der Waals surface area contributed by atoms with Gasteiger partial charge < -0.3 is 15.0 Å². The number of nitrogens with one attached hydrogen (secondary N) is 1. The molecule has 0 heterocycles. The summed E-state index contributed by atoms with van der Waals surface area (Å²) in [5, 5.41) is 3.46. The molecule has 0 aliphatic carbocycles. The number of carbonyl (C=O) groups excluding carboxylic acids is 2. The van der Waals surface area contributed by atoms with Crippen LogP contribution in [0.3, 0.4) is 0 Å². The van der Waals surface area contributed by atoms with Crippen molar-refractivity contribution < 1.29 is 14.3 Å². The number of ether oxygens (including phenoxy) is 1. The first-order valence-corrected chi connectivity index (χ1v) is 9.26. The average Bonchev–Trinajstić information content (AvgIpc) is 2.66. The van der Waals surface area contributed by atoms with Crippen molar-refractivity contribution in [3.63, 3.8) is 0 Å². The van der Waals surface area contributed by atoms with Crippen LogP contribution in [0, 0.1) is 13.8 Å². The minimum Gasteiger partial charge on any atom is -0.483 e. The van der Waals surface area contributed by atoms with Crippen LogP contribution in [0.5, 0.6) is 5.75 Å². The molecule has 2 aromatic carbocycles. The van der Waals surface area contributed by atoms with E-state index in [9.17, 15) is 9.59 Å². The number of benzene rings is 2. The Morgan fingerprint density at radius 2 is 1.81 bits per heavy atom. The van der Waals surface area contributed by atoms with E-state index < -0.39 is 0 Å². The quantitative estimate of drug-likeness (QED) is 0.752. The topological polar surface area (TPSA) is 58.6 Å². The molecular weight excluding hydrogens is 364 g/mol. The van der Waals surface area contributed by atoms with Crippen LogP contribution < -0.4 is 10.1 Å². The lowest BCUT2D eigenvalue weighted by molar-refractivity contribution is -0.137. The van der Waals surface area contributed by atoms with E-state index in [2.05, 4.69) is 5.32 Å². The van der Waals surface area contributed by atoms with E-state index in [0.29, 0.717) is 23.9 Å². The first-order chi connectivity index (χ1) is 12.9. The van der Waals surface area contributed by atoms with Gasteiger partial charge in [0.1, 0.15) is 5.75 Å². The molecule has 2 rings (SSSR count). The fourth-order valence-corrected chi connectivity index (χ4v) is 2.65. The van der Waals surface area contributed by atoms with E-state index in [0.717, 1.165) is 16.7 Å². The number of halogens is 1. The molecule has 0 atom stereocenters. The van der Waals surface area contributed by atoms with E-state index in [1.807, 2.05) is 51.1 Å². The summed E-state index contributed by atoms with van der Waals surface area (Å²) >= 11 is 5.85. The zero-order chi connectivity index (χ0) is 19.8. The molecule has 2 amide bonds. The van der Waals surface area contributed by atoms with E-state index in [1.165, 1.54) is 4.90 Å². The molecule has 0 bridgehead atoms. The molecule has 27 heavy (non-hydrogen) atoms. The lowest BCUT2D eigenvalue weighted by Crippen LogP contribution is -2.42. The Balaban J connectivity index is 1.83. The van der Waals surface area contributed by atoms with Crippen molar-refractivity contribution in [2.75, 3.05) is 19.7 Å². The summed E-state index contributed by atoms with van der Waals surface area (Å²) in [6, 6.07) is 13.0. The Bertz CT molecular complexity index is 791. The van der Waals surface area contributed by atoms with E-state index >= 15 is 0 Å². The molecule has 0 radical (unpaired) electrons. The highest BCUT2D eigenvalue weighted by Crippen LogP contribution is 2.20. The van der Waals surface area contributed by atoms with Crippen molar-refractivity contribution >= 4 is 23.4 Å². The molecule has 0 fully saturated rings. The molecule has 0 saturated carbocycles. The van der Waals surface area contributed by atoms with Crippen LogP contribution in [-0.4, -0.2) is 36.4 Å². The second kappa shape index (κ2) is 9.97. The van der Waals surface area contributed by atoms with Crippen molar-refractivity contribution in [2.45, 2.75) is 27.3 Å². The molecule has 0 saturated heterocycles. The third-order valence-electron chi connectivity index (χ3n) is 4.38. The van der Waals surface area contributed by atoms with Crippen LogP contribution in [0.25, 0.3) is 0 Å². The Hall–Kier alpha value is -2.53. The summed E-state index contributed by atoms with van der Waals surface area (Å²) < 4.78 is 5.65. The zero-order valence-electron chi connectivity index (χ0n) is 15.9. The predicted octanol–water partition coefficient (Wildman–Crippen LogP) is 3.50. The van der Waals surface area contributed by atoms with Crippen molar-refractivity contribution in [1.29, 1.82) is 0 Å². The number of aryl methyl sites for hydroxylation is 1. The van der Waals surface area contributed by atoms with Gasteiger partial charge in [-0.25, -0.2) is 0 Å². The van der Waals surface area contributed by atoms with Gasteiger partial charge in [-0.1, -0.05) is 35.9 Å². The van der Waals surface area contributed by atoms with Gasteiger partial charge in [0, 0.05) is 18.1 Å². The monoisotopic (exact) mass is 388 g/mol. The third kappa shape index (κ3) is 6.29. The first-order valence-electron chi connectivity index (χ1n) is 8.88. The summed E-state index contributed by atoms with van der Waals surface area (Å²) in [5.41, 5.74) is 3.06. The van der Waals surface area contributed by atoms with E-state index in [4.69, 9.17) is 16.3 Å². The molecule has 144 valence electrons. The number of amides is 2. The predicted molar refractivity (Wildman–Crippen MR) is 107 cm³/mol. The average molecular weight is 389 g/mol. The van der Waals surface area contributed by atoms with Crippen molar-refractivity contribution in [1.82, 2.24) is 10.2 Å². The third-order valence-corrected chi connectivity index (χ3v) is 4.63. The lowest BCUT2D eigenvalue weighted by atomic mass is 10.1. The molecule has 0 unspecified atom stereocenters. The van der Waals surface area contributed by atoms with Crippen LogP contribution >= 0.6 is 11.6 Å². The number of rotatable bonds is 8. The summed E-state index contributed by atoms with van der Waals surface area (Å²) in [6.07, 6.45) is 0. The maximum atomic E-state index is 12.4. The maximum absolute atomic E-state index is 12.4. The molecule has 0 aliphatic rings. The number of hydrogen-bond donors (Lipinski definition) is 1. The number of carbonyl (C=O) groups is 2. The Morgan fingerprint density at radius 3 is 2.48 bits per heavy atom. The summed E-state index contributed by atoms with van der Waals surface area (Å²) in [7, 11) is 0. The smallest absolute Gasteiger partial charge is 0.260 e. The van der Waals surface area contributed by atoms with Gasteiger partial charge in [-0.2, -0.15) is 0 Å². The minimum atomic E-state index is -0.222. The van der Waals surface area contributed by atoms with Gasteiger partial charge in [0.15, 0.2) is 6.61 Å². The highest BCUT2D eigenvalue weighted by atomic mass is 35.5. The second-order valence-electron chi connectivity index (χ2n) is 6.30. The maximum Gasteiger partial charge on any atom is 0.260 e. The van der Waals surface area contributed by atoms with Gasteiger partial charge >= 0.3 is 0 Å². The SMILES string of the molecule is CCN(CC(=O)NCc1ccc(Cl)cc1)C(=O)COc1cccc(C)c1C. The van der Waals surface area contributed by atoms with Gasteiger partial charge in [0.25, 0.3) is 5.91 Å².